The van der Waals surface area contributed by atoms with Gasteiger partial charge in [0.1, 0.15) is 5.82 Å². The van der Waals surface area contributed by atoms with Crippen LogP contribution in [0.4, 0.5) is 4.39 Å². The van der Waals surface area contributed by atoms with Gasteiger partial charge in [0.15, 0.2) is 0 Å². The number of rotatable bonds is 9. The van der Waals surface area contributed by atoms with Crippen molar-refractivity contribution in [3.8, 4) is 0 Å². The number of amides is 1. The molecule has 0 heterocycles. The third-order valence-corrected chi connectivity index (χ3v) is 10.2. The molecule has 36 heavy (non-hydrogen) atoms. The van der Waals surface area contributed by atoms with Crippen LogP contribution in [-0.4, -0.2) is 23.9 Å². The van der Waals surface area contributed by atoms with E-state index < -0.39 is 0 Å². The van der Waals surface area contributed by atoms with Crippen LogP contribution in [0, 0.1) is 23.6 Å². The average Bonchev–Trinajstić information content (AvgIpc) is 2.93. The molecule has 0 saturated heterocycles. The molecular weight excluding hydrogens is 445 g/mol. The molecule has 0 radical (unpaired) electrons. The summed E-state index contributed by atoms with van der Waals surface area (Å²) in [7, 11) is 1.86. The highest BCUT2D eigenvalue weighted by Crippen LogP contribution is 2.45. The normalized spacial score (nSPS) is 31.1. The molecule has 1 aromatic carbocycles. The van der Waals surface area contributed by atoms with Crippen LogP contribution in [0.1, 0.15) is 133 Å². The lowest BCUT2D eigenvalue weighted by Crippen LogP contribution is -2.38. The van der Waals surface area contributed by atoms with Crippen molar-refractivity contribution in [3.63, 3.8) is 0 Å². The molecule has 200 valence electrons. The molecule has 0 spiro atoms. The van der Waals surface area contributed by atoms with Crippen LogP contribution in [0.5, 0.6) is 0 Å². The van der Waals surface area contributed by atoms with Crippen molar-refractivity contribution < 1.29 is 9.18 Å². The summed E-state index contributed by atoms with van der Waals surface area (Å²) in [6, 6.07) is 6.42. The highest BCUT2D eigenvalue weighted by atomic mass is 19.1. The maximum Gasteiger partial charge on any atom is 0.245 e. The van der Waals surface area contributed by atoms with Gasteiger partial charge in [0.2, 0.25) is 5.91 Å². The van der Waals surface area contributed by atoms with Crippen molar-refractivity contribution >= 4 is 5.91 Å². The molecule has 2 nitrogen and oxygen atoms in total. The number of benzene rings is 1. The number of nitrogens with zero attached hydrogens (tertiary/aromatic N) is 1. The minimum absolute atomic E-state index is 0.00464. The Labute approximate surface area is 220 Å². The molecular formula is C33H50FNO. The molecule has 1 amide bonds. The number of carbonyl (C=O) groups is 1. The monoisotopic (exact) mass is 495 g/mol. The number of carbonyl (C=O) groups excluding carboxylic acids is 1. The second kappa shape index (κ2) is 13.2. The van der Waals surface area contributed by atoms with Gasteiger partial charge in [0, 0.05) is 13.1 Å². The Morgan fingerprint density at radius 2 is 1.53 bits per heavy atom. The van der Waals surface area contributed by atoms with Crippen LogP contribution in [0.3, 0.4) is 0 Å². The van der Waals surface area contributed by atoms with Gasteiger partial charge in [-0.2, -0.15) is 0 Å². The standard InChI is InChI=1S/C33H50FNO/c1-4-6-7-8-24-9-11-25(12-10-24)26-13-15-27(16-14-26)29-19-22-31(32(34)23-29)28-17-20-30(21-18-28)35(3)33(36)5-2/h5,19,22-28,30H,2,4,6-18,20-21H2,1,3H3. The maximum absolute atomic E-state index is 15.3. The fourth-order valence-electron chi connectivity index (χ4n) is 7.78. The fourth-order valence-corrected chi connectivity index (χ4v) is 7.78. The van der Waals surface area contributed by atoms with E-state index >= 15 is 4.39 Å². The summed E-state index contributed by atoms with van der Waals surface area (Å²) in [4.78, 5) is 13.7. The second-order valence-electron chi connectivity index (χ2n) is 12.3. The number of unbranched alkanes of at least 4 members (excludes halogenated alkanes) is 2. The van der Waals surface area contributed by atoms with Crippen LogP contribution >= 0.6 is 0 Å². The number of likely N-dealkylation sites (N-methyl/N-ethyl adjacent to an activating group) is 1. The van der Waals surface area contributed by atoms with E-state index in [9.17, 15) is 4.79 Å². The lowest BCUT2D eigenvalue weighted by molar-refractivity contribution is -0.127. The second-order valence-corrected chi connectivity index (χ2v) is 12.3. The summed E-state index contributed by atoms with van der Waals surface area (Å²) >= 11 is 0. The molecule has 1 aromatic rings. The van der Waals surface area contributed by atoms with Crippen molar-refractivity contribution in [3.05, 3.63) is 47.8 Å². The lowest BCUT2D eigenvalue weighted by Gasteiger charge is -2.38. The molecule has 0 aliphatic heterocycles. The quantitative estimate of drug-likeness (QED) is 0.247. The Morgan fingerprint density at radius 1 is 0.917 bits per heavy atom. The fraction of sp³-hybridized carbons (Fsp3) is 0.727. The molecule has 3 fully saturated rings. The number of hydrogen-bond donors (Lipinski definition) is 0. The Kier molecular flexibility index (Phi) is 10.1. The highest BCUT2D eigenvalue weighted by Gasteiger charge is 2.32. The first-order valence-electron chi connectivity index (χ1n) is 15.2. The Bertz CT molecular complexity index is 841. The maximum atomic E-state index is 15.3. The summed E-state index contributed by atoms with van der Waals surface area (Å²) in [5.74, 6) is 3.64. The summed E-state index contributed by atoms with van der Waals surface area (Å²) < 4.78 is 15.3. The van der Waals surface area contributed by atoms with Gasteiger partial charge < -0.3 is 4.90 Å². The molecule has 0 atom stereocenters. The predicted octanol–water partition coefficient (Wildman–Crippen LogP) is 9.16. The van der Waals surface area contributed by atoms with Crippen LogP contribution < -0.4 is 0 Å². The molecule has 0 N–H and O–H groups in total. The van der Waals surface area contributed by atoms with Gasteiger partial charge in [-0.25, -0.2) is 4.39 Å². The van der Waals surface area contributed by atoms with Gasteiger partial charge >= 0.3 is 0 Å². The van der Waals surface area contributed by atoms with Gasteiger partial charge in [0.25, 0.3) is 0 Å². The van der Waals surface area contributed by atoms with Crippen LogP contribution in [-0.2, 0) is 4.79 Å². The molecule has 0 bridgehead atoms. The predicted molar refractivity (Wildman–Crippen MR) is 149 cm³/mol. The first-order valence-corrected chi connectivity index (χ1v) is 15.2. The minimum Gasteiger partial charge on any atom is -0.339 e. The van der Waals surface area contributed by atoms with Crippen LogP contribution in [0.25, 0.3) is 0 Å². The molecule has 4 rings (SSSR count). The minimum atomic E-state index is -0.0150. The zero-order valence-electron chi connectivity index (χ0n) is 23.0. The molecule has 0 aromatic heterocycles. The SMILES string of the molecule is C=CC(=O)N(C)C1CCC(c2ccc(C3CCC(C4CCC(CCCCC)CC4)CC3)cc2F)CC1. The summed E-state index contributed by atoms with van der Waals surface area (Å²) in [5.41, 5.74) is 2.11. The van der Waals surface area contributed by atoms with Crippen LogP contribution in [0.15, 0.2) is 30.9 Å². The third-order valence-electron chi connectivity index (χ3n) is 10.2. The van der Waals surface area contributed by atoms with E-state index in [-0.39, 0.29) is 23.7 Å². The van der Waals surface area contributed by atoms with Gasteiger partial charge in [-0.1, -0.05) is 64.2 Å². The summed E-state index contributed by atoms with van der Waals surface area (Å²) in [6.45, 7) is 5.90. The Hall–Kier alpha value is -1.64. The lowest BCUT2D eigenvalue weighted by atomic mass is 9.68. The van der Waals surface area contributed by atoms with Crippen molar-refractivity contribution in [1.29, 1.82) is 0 Å². The van der Waals surface area contributed by atoms with Gasteiger partial charge in [-0.3, -0.25) is 4.79 Å². The van der Waals surface area contributed by atoms with E-state index in [0.717, 1.165) is 49.0 Å². The van der Waals surface area contributed by atoms with Crippen molar-refractivity contribution in [2.45, 2.75) is 128 Å². The van der Waals surface area contributed by atoms with E-state index in [1.165, 1.54) is 88.7 Å². The van der Waals surface area contributed by atoms with E-state index in [1.807, 2.05) is 13.1 Å². The van der Waals surface area contributed by atoms with E-state index in [1.54, 1.807) is 4.90 Å². The molecule has 0 unspecified atom stereocenters. The van der Waals surface area contributed by atoms with Gasteiger partial charge in [-0.05, 0) is 117 Å². The molecule has 3 saturated carbocycles. The zero-order chi connectivity index (χ0) is 25.5. The third kappa shape index (κ3) is 6.81. The first-order chi connectivity index (χ1) is 17.5. The summed E-state index contributed by atoms with van der Waals surface area (Å²) in [5, 5.41) is 0. The van der Waals surface area contributed by atoms with Gasteiger partial charge in [-0.15, -0.1) is 0 Å². The summed E-state index contributed by atoms with van der Waals surface area (Å²) in [6.07, 6.45) is 21.7. The van der Waals surface area contributed by atoms with Crippen LogP contribution in [0.2, 0.25) is 0 Å². The zero-order valence-corrected chi connectivity index (χ0v) is 23.0. The topological polar surface area (TPSA) is 20.3 Å². The van der Waals surface area contributed by atoms with E-state index in [2.05, 4.69) is 25.6 Å². The number of hydrogen-bond acceptors (Lipinski definition) is 1. The number of halogens is 1. The Morgan fingerprint density at radius 3 is 2.11 bits per heavy atom. The molecule has 3 aliphatic carbocycles. The molecule has 3 aliphatic rings. The van der Waals surface area contributed by atoms with Crippen molar-refractivity contribution in [2.75, 3.05) is 7.05 Å². The Balaban J connectivity index is 1.23. The largest absolute Gasteiger partial charge is 0.339 e. The van der Waals surface area contributed by atoms with Gasteiger partial charge in [0.05, 0.1) is 0 Å². The van der Waals surface area contributed by atoms with Crippen molar-refractivity contribution in [1.82, 2.24) is 4.90 Å². The van der Waals surface area contributed by atoms with E-state index in [0.29, 0.717) is 5.92 Å². The van der Waals surface area contributed by atoms with E-state index in [4.69, 9.17) is 0 Å². The first kappa shape index (κ1) is 27.4. The van der Waals surface area contributed by atoms with Crippen molar-refractivity contribution in [2.24, 2.45) is 17.8 Å². The smallest absolute Gasteiger partial charge is 0.245 e. The highest BCUT2D eigenvalue weighted by molar-refractivity contribution is 5.87. The molecule has 3 heteroatoms. The average molecular weight is 496 g/mol.